The number of nitrogens with two attached hydrogens (primary N) is 1. The van der Waals surface area contributed by atoms with Crippen LogP contribution in [0.5, 0.6) is 0 Å². The van der Waals surface area contributed by atoms with E-state index < -0.39 is 12.0 Å². The van der Waals surface area contributed by atoms with Gasteiger partial charge in [-0.05, 0) is 25.1 Å². The van der Waals surface area contributed by atoms with Crippen LogP contribution < -0.4 is 11.1 Å². The number of pyridine rings is 1. The third-order valence-electron chi connectivity index (χ3n) is 3.67. The summed E-state index contributed by atoms with van der Waals surface area (Å²) in [5.74, 6) is -0.459. The molecule has 3 aromatic rings. The van der Waals surface area contributed by atoms with Gasteiger partial charge in [0, 0.05) is 24.2 Å². The minimum absolute atomic E-state index is 0.0911. The van der Waals surface area contributed by atoms with E-state index in [2.05, 4.69) is 10.3 Å². The van der Waals surface area contributed by atoms with E-state index in [0.29, 0.717) is 11.3 Å². The van der Waals surface area contributed by atoms with Crippen LogP contribution in [0, 0.1) is 0 Å². The van der Waals surface area contributed by atoms with Crippen LogP contribution in [0.1, 0.15) is 17.5 Å². The van der Waals surface area contributed by atoms with Crippen LogP contribution in [0.2, 0.25) is 0 Å². The fourth-order valence-corrected chi connectivity index (χ4v) is 2.56. The smallest absolute Gasteiger partial charge is 0.376 e. The van der Waals surface area contributed by atoms with Crippen molar-refractivity contribution in [2.45, 2.75) is 13.0 Å². The molecule has 0 bridgehead atoms. The summed E-state index contributed by atoms with van der Waals surface area (Å²) in [5, 5.41) is 13.8. The van der Waals surface area contributed by atoms with Gasteiger partial charge in [0.1, 0.15) is 5.58 Å². The lowest BCUT2D eigenvalue weighted by Crippen LogP contribution is -2.32. The average Bonchev–Trinajstić information content (AvgIpc) is 2.99. The maximum absolute atomic E-state index is 12.2. The number of carbonyl (C=O) groups is 1. The summed E-state index contributed by atoms with van der Waals surface area (Å²) < 4.78 is 10.8. The summed E-state index contributed by atoms with van der Waals surface area (Å²) in [5.41, 5.74) is 7.61. The van der Waals surface area contributed by atoms with Gasteiger partial charge in [-0.3, -0.25) is 4.98 Å². The second kappa shape index (κ2) is 6.86. The summed E-state index contributed by atoms with van der Waals surface area (Å²) in [6.45, 7) is 2.09. The van der Waals surface area contributed by atoms with Crippen molar-refractivity contribution in [2.75, 3.05) is 25.1 Å². The molecule has 0 saturated carbocycles. The molecule has 0 fully saturated rings. The first-order valence-electron chi connectivity index (χ1n) is 7.73. The van der Waals surface area contributed by atoms with Crippen molar-refractivity contribution in [3.63, 3.8) is 0 Å². The second-order valence-corrected chi connectivity index (χ2v) is 5.36. The van der Waals surface area contributed by atoms with E-state index >= 15 is 0 Å². The summed E-state index contributed by atoms with van der Waals surface area (Å²) in [4.78, 5) is 16.6. The molecule has 126 valence electrons. The monoisotopic (exact) mass is 329 g/mol. The second-order valence-electron chi connectivity index (χ2n) is 5.36. The number of nitrogens with zero attached hydrogens (tertiary/aromatic N) is 1. The Bertz CT molecular complexity index is 875. The molecule has 7 nitrogen and oxygen atoms in total. The summed E-state index contributed by atoms with van der Waals surface area (Å²) >= 11 is 0. The Kier molecular flexibility index (Phi) is 4.64. The zero-order chi connectivity index (χ0) is 17.1. The number of rotatable bonds is 6. The minimum Gasteiger partial charge on any atom is -0.460 e. The van der Waals surface area contributed by atoms with Crippen LogP contribution in [-0.4, -0.2) is 41.9 Å². The number of hydrogen-bond acceptors (Lipinski definition) is 7. The number of carbonyl (C=O) groups excluding carboxylic acids is 1. The maximum atomic E-state index is 12.2. The molecule has 3 rings (SSSR count). The van der Waals surface area contributed by atoms with Crippen molar-refractivity contribution in [1.29, 1.82) is 0 Å². The molecule has 1 aromatic carbocycles. The predicted molar refractivity (Wildman–Crippen MR) is 91.0 cm³/mol. The number of anilines is 1. The number of aliphatic hydroxyl groups excluding tert-OH is 1. The predicted octanol–water partition coefficient (Wildman–Crippen LogP) is 1.89. The van der Waals surface area contributed by atoms with Crippen molar-refractivity contribution < 1.29 is 19.1 Å². The SMILES string of the molecule is CCOC(=O)c1oc2ccc3ncccc3c2c1NC[C@H](N)CO. The molecule has 24 heavy (non-hydrogen) atoms. The quantitative estimate of drug-likeness (QED) is 0.592. The van der Waals surface area contributed by atoms with Gasteiger partial charge < -0.3 is 25.3 Å². The normalized spacial score (nSPS) is 12.5. The Hall–Kier alpha value is -2.64. The average molecular weight is 329 g/mol. The third-order valence-corrected chi connectivity index (χ3v) is 3.67. The highest BCUT2D eigenvalue weighted by molar-refractivity contribution is 6.15. The molecule has 4 N–H and O–H groups in total. The lowest BCUT2D eigenvalue weighted by atomic mass is 10.1. The third kappa shape index (κ3) is 2.91. The standard InChI is InChI=1S/C17H19N3O4/c1-2-23-17(22)16-15(20-8-10(18)9-21)14-11-4-3-7-19-12(11)5-6-13(14)24-16/h3-7,10,20-21H,2,8-9,18H2,1H3/t10-/m0/s1. The summed E-state index contributed by atoms with van der Waals surface area (Å²) in [7, 11) is 0. The fourth-order valence-electron chi connectivity index (χ4n) is 2.56. The molecule has 7 heteroatoms. The van der Waals surface area contributed by atoms with Crippen LogP contribution in [0.4, 0.5) is 5.69 Å². The molecule has 0 saturated heterocycles. The van der Waals surface area contributed by atoms with E-state index in [4.69, 9.17) is 20.0 Å². The number of aromatic nitrogens is 1. The summed E-state index contributed by atoms with van der Waals surface area (Å²) in [6.07, 6.45) is 1.70. The largest absolute Gasteiger partial charge is 0.460 e. The van der Waals surface area contributed by atoms with Crippen molar-refractivity contribution in [2.24, 2.45) is 5.73 Å². The Balaban J connectivity index is 2.18. The molecular formula is C17H19N3O4. The van der Waals surface area contributed by atoms with Crippen LogP contribution in [0.25, 0.3) is 21.9 Å². The van der Waals surface area contributed by atoms with Crippen LogP contribution in [-0.2, 0) is 4.74 Å². The number of hydrogen-bond donors (Lipinski definition) is 3. The molecule has 0 aliphatic carbocycles. The zero-order valence-corrected chi connectivity index (χ0v) is 13.3. The molecule has 0 radical (unpaired) electrons. The lowest BCUT2D eigenvalue weighted by Gasteiger charge is -2.11. The molecule has 0 aliphatic rings. The Morgan fingerprint density at radius 2 is 2.29 bits per heavy atom. The Labute approximate surface area is 138 Å². The van der Waals surface area contributed by atoms with Crippen molar-refractivity contribution in [3.8, 4) is 0 Å². The van der Waals surface area contributed by atoms with Crippen LogP contribution >= 0.6 is 0 Å². The number of ether oxygens (including phenoxy) is 1. The molecule has 2 heterocycles. The minimum atomic E-state index is -0.550. The number of fused-ring (bicyclic) bond motifs is 3. The zero-order valence-electron chi connectivity index (χ0n) is 13.3. The van der Waals surface area contributed by atoms with Crippen molar-refractivity contribution in [1.82, 2.24) is 4.98 Å². The van der Waals surface area contributed by atoms with Gasteiger partial charge in [-0.25, -0.2) is 4.79 Å². The van der Waals surface area contributed by atoms with E-state index in [1.54, 1.807) is 19.2 Å². The van der Waals surface area contributed by atoms with Gasteiger partial charge in [0.05, 0.1) is 29.8 Å². The highest BCUT2D eigenvalue weighted by Gasteiger charge is 2.23. The topological polar surface area (TPSA) is 111 Å². The van der Waals surface area contributed by atoms with Gasteiger partial charge in [0.2, 0.25) is 5.76 Å². The van der Waals surface area contributed by atoms with E-state index in [1.165, 1.54) is 0 Å². The number of furan rings is 1. The van der Waals surface area contributed by atoms with E-state index in [9.17, 15) is 4.79 Å². The number of nitrogens with one attached hydrogen (secondary N) is 1. The first-order valence-corrected chi connectivity index (χ1v) is 7.73. The number of esters is 1. The van der Waals surface area contributed by atoms with Gasteiger partial charge in [0.25, 0.3) is 0 Å². The lowest BCUT2D eigenvalue weighted by molar-refractivity contribution is 0.0494. The van der Waals surface area contributed by atoms with Gasteiger partial charge in [-0.2, -0.15) is 0 Å². The van der Waals surface area contributed by atoms with E-state index in [1.807, 2.05) is 18.2 Å². The van der Waals surface area contributed by atoms with Gasteiger partial charge in [0.15, 0.2) is 0 Å². The number of benzene rings is 1. The Morgan fingerprint density at radius 3 is 3.04 bits per heavy atom. The molecule has 0 amide bonds. The Morgan fingerprint density at radius 1 is 1.46 bits per heavy atom. The van der Waals surface area contributed by atoms with E-state index in [-0.39, 0.29) is 25.5 Å². The van der Waals surface area contributed by atoms with E-state index in [0.717, 1.165) is 16.3 Å². The first kappa shape index (κ1) is 16.2. The van der Waals surface area contributed by atoms with Gasteiger partial charge >= 0.3 is 5.97 Å². The van der Waals surface area contributed by atoms with Gasteiger partial charge in [-0.15, -0.1) is 0 Å². The highest BCUT2D eigenvalue weighted by atomic mass is 16.5. The first-order chi connectivity index (χ1) is 11.7. The van der Waals surface area contributed by atoms with Crippen LogP contribution in [0.3, 0.4) is 0 Å². The molecular weight excluding hydrogens is 310 g/mol. The van der Waals surface area contributed by atoms with Crippen molar-refractivity contribution >= 4 is 33.5 Å². The van der Waals surface area contributed by atoms with Crippen LogP contribution in [0.15, 0.2) is 34.9 Å². The molecule has 0 spiro atoms. The highest BCUT2D eigenvalue weighted by Crippen LogP contribution is 2.36. The molecule has 2 aromatic heterocycles. The van der Waals surface area contributed by atoms with Crippen molar-refractivity contribution in [3.05, 3.63) is 36.2 Å². The van der Waals surface area contributed by atoms with Gasteiger partial charge in [-0.1, -0.05) is 6.07 Å². The molecule has 1 atom stereocenters. The molecule has 0 aliphatic heterocycles. The fraction of sp³-hybridized carbons (Fsp3) is 0.294. The number of aliphatic hydroxyl groups is 1. The maximum Gasteiger partial charge on any atom is 0.376 e. The molecule has 0 unspecified atom stereocenters. The summed E-state index contributed by atoms with van der Waals surface area (Å²) in [6, 6.07) is 6.87.